The first kappa shape index (κ1) is 18.9. The molecule has 0 saturated heterocycles. The van der Waals surface area contributed by atoms with Crippen LogP contribution in [0.3, 0.4) is 0 Å². The van der Waals surface area contributed by atoms with E-state index in [1.165, 1.54) is 6.07 Å². The van der Waals surface area contributed by atoms with Crippen molar-refractivity contribution in [1.82, 2.24) is 10.3 Å². The molecular formula is C20H20ClFN2O. The standard InChI is InChI=1S/C20H19FN2O.ClH/c21-20-10-2-1-7-17(20)15-24-19-9-5-6-16(12-19)13-22-14-18-8-3-4-11-23-18;/h1-12,22H,13-15H2;1H. The molecule has 25 heavy (non-hydrogen) atoms. The monoisotopic (exact) mass is 358 g/mol. The Labute approximate surface area is 153 Å². The molecule has 2 aromatic carbocycles. The Hall–Kier alpha value is -2.43. The Morgan fingerprint density at radius 2 is 1.76 bits per heavy atom. The number of aromatic nitrogens is 1. The molecule has 0 atom stereocenters. The topological polar surface area (TPSA) is 34.1 Å². The fourth-order valence-corrected chi connectivity index (χ4v) is 2.36. The van der Waals surface area contributed by atoms with E-state index in [1.807, 2.05) is 42.5 Å². The average molecular weight is 359 g/mol. The second-order valence-corrected chi connectivity index (χ2v) is 5.45. The molecule has 0 fully saturated rings. The lowest BCUT2D eigenvalue weighted by Gasteiger charge is -2.09. The molecule has 5 heteroatoms. The molecule has 0 amide bonds. The molecule has 0 aliphatic heterocycles. The second-order valence-electron chi connectivity index (χ2n) is 5.45. The molecule has 3 rings (SSSR count). The molecule has 0 aliphatic rings. The van der Waals surface area contributed by atoms with Gasteiger partial charge in [-0.2, -0.15) is 0 Å². The highest BCUT2D eigenvalue weighted by Gasteiger charge is 2.03. The van der Waals surface area contributed by atoms with E-state index in [0.29, 0.717) is 18.7 Å². The molecule has 130 valence electrons. The van der Waals surface area contributed by atoms with Gasteiger partial charge in [0.25, 0.3) is 0 Å². The van der Waals surface area contributed by atoms with Crippen LogP contribution < -0.4 is 10.1 Å². The summed E-state index contributed by atoms with van der Waals surface area (Å²) >= 11 is 0. The number of benzene rings is 2. The van der Waals surface area contributed by atoms with Gasteiger partial charge in [0, 0.05) is 24.8 Å². The number of nitrogens with one attached hydrogen (secondary N) is 1. The lowest BCUT2D eigenvalue weighted by Crippen LogP contribution is -2.13. The van der Waals surface area contributed by atoms with Gasteiger partial charge in [-0.25, -0.2) is 4.39 Å². The lowest BCUT2D eigenvalue weighted by molar-refractivity contribution is 0.299. The maximum Gasteiger partial charge on any atom is 0.129 e. The van der Waals surface area contributed by atoms with E-state index >= 15 is 0 Å². The summed E-state index contributed by atoms with van der Waals surface area (Å²) in [5.74, 6) is 0.487. The summed E-state index contributed by atoms with van der Waals surface area (Å²) in [6.45, 7) is 1.64. The first-order valence-corrected chi connectivity index (χ1v) is 7.87. The third-order valence-electron chi connectivity index (χ3n) is 3.61. The number of nitrogens with zero attached hydrogens (tertiary/aromatic N) is 1. The van der Waals surface area contributed by atoms with E-state index in [0.717, 1.165) is 17.0 Å². The van der Waals surface area contributed by atoms with Gasteiger partial charge < -0.3 is 10.1 Å². The average Bonchev–Trinajstić information content (AvgIpc) is 2.62. The SMILES string of the molecule is Cl.Fc1ccccc1COc1cccc(CNCc2ccccn2)c1. The van der Waals surface area contributed by atoms with Crippen LogP contribution in [-0.2, 0) is 19.7 Å². The number of hydrogen-bond donors (Lipinski definition) is 1. The summed E-state index contributed by atoms with van der Waals surface area (Å²) in [6.07, 6.45) is 1.79. The Balaban J connectivity index is 0.00000225. The van der Waals surface area contributed by atoms with Crippen LogP contribution in [0.2, 0.25) is 0 Å². The second kappa shape index (κ2) is 9.77. The van der Waals surface area contributed by atoms with Gasteiger partial charge in [0.05, 0.1) is 5.69 Å². The smallest absolute Gasteiger partial charge is 0.129 e. The molecule has 0 radical (unpaired) electrons. The van der Waals surface area contributed by atoms with Gasteiger partial charge in [-0.3, -0.25) is 4.98 Å². The summed E-state index contributed by atoms with van der Waals surface area (Å²) in [4.78, 5) is 4.28. The molecule has 1 heterocycles. The molecule has 0 unspecified atom stereocenters. The van der Waals surface area contributed by atoms with Gasteiger partial charge >= 0.3 is 0 Å². The lowest BCUT2D eigenvalue weighted by atomic mass is 10.2. The number of halogens is 2. The summed E-state index contributed by atoms with van der Waals surface area (Å²) in [7, 11) is 0. The van der Waals surface area contributed by atoms with Crippen molar-refractivity contribution in [2.75, 3.05) is 0 Å². The predicted molar refractivity (Wildman–Crippen MR) is 99.2 cm³/mol. The van der Waals surface area contributed by atoms with E-state index in [2.05, 4.69) is 10.3 Å². The van der Waals surface area contributed by atoms with Gasteiger partial charge in [0.1, 0.15) is 18.2 Å². The minimum atomic E-state index is -0.245. The summed E-state index contributed by atoms with van der Waals surface area (Å²) in [5, 5.41) is 3.35. The Bertz CT molecular complexity index is 783. The van der Waals surface area contributed by atoms with E-state index in [4.69, 9.17) is 4.74 Å². The molecule has 1 N–H and O–H groups in total. The van der Waals surface area contributed by atoms with Crippen LogP contribution in [0.4, 0.5) is 4.39 Å². The molecule has 1 aromatic heterocycles. The number of ether oxygens (including phenoxy) is 1. The highest BCUT2D eigenvalue weighted by Crippen LogP contribution is 2.16. The van der Waals surface area contributed by atoms with Gasteiger partial charge in [-0.05, 0) is 35.9 Å². The molecule has 0 spiro atoms. The van der Waals surface area contributed by atoms with Crippen molar-refractivity contribution in [3.05, 3.63) is 95.6 Å². The molecule has 0 saturated carbocycles. The van der Waals surface area contributed by atoms with Crippen LogP contribution in [0, 0.1) is 5.82 Å². The van der Waals surface area contributed by atoms with Gasteiger partial charge in [0.15, 0.2) is 0 Å². The van der Waals surface area contributed by atoms with Crippen molar-refractivity contribution >= 4 is 12.4 Å². The Kier molecular flexibility index (Phi) is 7.38. The number of pyridine rings is 1. The molecular weight excluding hydrogens is 339 g/mol. The first-order chi connectivity index (χ1) is 11.8. The quantitative estimate of drug-likeness (QED) is 0.674. The maximum absolute atomic E-state index is 13.6. The van der Waals surface area contributed by atoms with Crippen LogP contribution in [0.25, 0.3) is 0 Å². The molecule has 0 bridgehead atoms. The fraction of sp³-hybridized carbons (Fsp3) is 0.150. The fourth-order valence-electron chi connectivity index (χ4n) is 2.36. The van der Waals surface area contributed by atoms with Crippen molar-refractivity contribution in [1.29, 1.82) is 0 Å². The highest BCUT2D eigenvalue weighted by molar-refractivity contribution is 5.85. The summed E-state index contributed by atoms with van der Waals surface area (Å²) in [6, 6.07) is 20.3. The zero-order valence-corrected chi connectivity index (χ0v) is 14.5. The van der Waals surface area contributed by atoms with Crippen LogP contribution >= 0.6 is 12.4 Å². The van der Waals surface area contributed by atoms with Crippen LogP contribution in [0.1, 0.15) is 16.8 Å². The first-order valence-electron chi connectivity index (χ1n) is 7.87. The zero-order chi connectivity index (χ0) is 16.6. The van der Waals surface area contributed by atoms with Crippen molar-refractivity contribution < 1.29 is 9.13 Å². The van der Waals surface area contributed by atoms with Crippen LogP contribution in [-0.4, -0.2) is 4.98 Å². The predicted octanol–water partition coefficient (Wildman–Crippen LogP) is 4.51. The third-order valence-corrected chi connectivity index (χ3v) is 3.61. The van der Waals surface area contributed by atoms with Crippen molar-refractivity contribution in [2.24, 2.45) is 0 Å². The van der Waals surface area contributed by atoms with E-state index < -0.39 is 0 Å². The Morgan fingerprint density at radius 3 is 2.56 bits per heavy atom. The maximum atomic E-state index is 13.6. The highest BCUT2D eigenvalue weighted by atomic mass is 35.5. The largest absolute Gasteiger partial charge is 0.489 e. The van der Waals surface area contributed by atoms with E-state index in [1.54, 1.807) is 24.4 Å². The zero-order valence-electron chi connectivity index (χ0n) is 13.7. The molecule has 0 aliphatic carbocycles. The third kappa shape index (κ3) is 5.85. The van der Waals surface area contributed by atoms with Crippen LogP contribution in [0.15, 0.2) is 72.9 Å². The van der Waals surface area contributed by atoms with E-state index in [-0.39, 0.29) is 24.8 Å². The van der Waals surface area contributed by atoms with Crippen LogP contribution in [0.5, 0.6) is 5.75 Å². The van der Waals surface area contributed by atoms with Crippen molar-refractivity contribution in [3.8, 4) is 5.75 Å². The number of hydrogen-bond acceptors (Lipinski definition) is 3. The minimum absolute atomic E-state index is 0. The normalized spacial score (nSPS) is 10.1. The van der Waals surface area contributed by atoms with Crippen molar-refractivity contribution in [2.45, 2.75) is 19.7 Å². The molecule has 3 nitrogen and oxygen atoms in total. The van der Waals surface area contributed by atoms with Gasteiger partial charge in [-0.15, -0.1) is 12.4 Å². The summed E-state index contributed by atoms with van der Waals surface area (Å²) < 4.78 is 19.3. The number of rotatable bonds is 7. The van der Waals surface area contributed by atoms with Gasteiger partial charge in [0.2, 0.25) is 0 Å². The minimum Gasteiger partial charge on any atom is -0.489 e. The van der Waals surface area contributed by atoms with E-state index in [9.17, 15) is 4.39 Å². The van der Waals surface area contributed by atoms with Crippen molar-refractivity contribution in [3.63, 3.8) is 0 Å². The van der Waals surface area contributed by atoms with Gasteiger partial charge in [-0.1, -0.05) is 36.4 Å². The summed E-state index contributed by atoms with van der Waals surface area (Å²) in [5.41, 5.74) is 2.66. The Morgan fingerprint density at radius 1 is 0.920 bits per heavy atom. The molecule has 3 aromatic rings.